The minimum absolute atomic E-state index is 0.0865. The lowest BCUT2D eigenvalue weighted by Gasteiger charge is -2.21. The van der Waals surface area contributed by atoms with E-state index in [-0.39, 0.29) is 17.6 Å². The third-order valence-electron chi connectivity index (χ3n) is 5.50. The van der Waals surface area contributed by atoms with Crippen LogP contribution in [0.1, 0.15) is 47.9 Å². The minimum Gasteiger partial charge on any atom is -0.366 e. The van der Waals surface area contributed by atoms with Gasteiger partial charge in [0.25, 0.3) is 11.5 Å². The summed E-state index contributed by atoms with van der Waals surface area (Å²) in [7, 11) is 0. The van der Waals surface area contributed by atoms with Crippen LogP contribution in [-0.2, 0) is 0 Å². The maximum atomic E-state index is 13.3. The van der Waals surface area contributed by atoms with E-state index >= 15 is 0 Å². The van der Waals surface area contributed by atoms with Crippen LogP contribution in [0.5, 0.6) is 0 Å². The first-order valence-electron chi connectivity index (χ1n) is 9.67. The molecule has 3 heterocycles. The van der Waals surface area contributed by atoms with E-state index in [1.807, 2.05) is 29.7 Å². The molecule has 3 aromatic heterocycles. The molecule has 1 aliphatic rings. The first-order valence-corrected chi connectivity index (χ1v) is 10.1. The van der Waals surface area contributed by atoms with E-state index in [0.29, 0.717) is 32.8 Å². The number of hydrogen-bond acceptors (Lipinski definition) is 5. The monoisotopic (exact) mass is 422 g/mol. The maximum Gasteiger partial charge on any atom is 0.260 e. The molecule has 1 fully saturated rings. The third-order valence-corrected chi connectivity index (χ3v) is 5.82. The van der Waals surface area contributed by atoms with Crippen molar-refractivity contribution in [3.63, 3.8) is 0 Å². The van der Waals surface area contributed by atoms with Crippen LogP contribution in [-0.4, -0.2) is 25.4 Å². The molecular formula is C21H19ClN6O2. The molecule has 0 bridgehead atoms. The van der Waals surface area contributed by atoms with Crippen LogP contribution in [0.2, 0.25) is 5.02 Å². The summed E-state index contributed by atoms with van der Waals surface area (Å²) in [4.78, 5) is 36.5. The fourth-order valence-corrected chi connectivity index (χ4v) is 4.20. The second kappa shape index (κ2) is 6.84. The highest BCUT2D eigenvalue weighted by atomic mass is 35.5. The average Bonchev–Trinajstić information content (AvgIpc) is 3.44. The van der Waals surface area contributed by atoms with Gasteiger partial charge in [0.15, 0.2) is 0 Å². The molecule has 0 radical (unpaired) electrons. The fourth-order valence-electron chi connectivity index (χ4n) is 3.94. The summed E-state index contributed by atoms with van der Waals surface area (Å²) in [5.41, 5.74) is 7.07. The Balaban J connectivity index is 1.64. The second-order valence-corrected chi connectivity index (χ2v) is 7.97. The standard InChI is InChI=1S/C21H19ClN6O2/c1-10(27-20-17-13(18(23)29)8-24-19(17)25-9-26-20)15-7-11-3-2-4-14(22)16(11)21(30)28(15)12-5-6-12/h2-4,7-10,12H,5-6H2,1H3,(H2,23,29)(H2,24,25,26,27)/t10-/m0/s1. The smallest absolute Gasteiger partial charge is 0.260 e. The van der Waals surface area contributed by atoms with Crippen molar-refractivity contribution in [1.29, 1.82) is 0 Å². The van der Waals surface area contributed by atoms with Crippen molar-refractivity contribution in [2.24, 2.45) is 5.73 Å². The molecule has 30 heavy (non-hydrogen) atoms. The first-order chi connectivity index (χ1) is 14.5. The predicted molar refractivity (Wildman–Crippen MR) is 116 cm³/mol. The zero-order valence-corrected chi connectivity index (χ0v) is 16.9. The average molecular weight is 423 g/mol. The van der Waals surface area contributed by atoms with Gasteiger partial charge in [-0.15, -0.1) is 0 Å². The van der Waals surface area contributed by atoms with Gasteiger partial charge in [-0.05, 0) is 37.3 Å². The third kappa shape index (κ3) is 2.91. The van der Waals surface area contributed by atoms with Crippen LogP contribution >= 0.6 is 11.6 Å². The number of hydrogen-bond donors (Lipinski definition) is 3. The molecule has 0 aliphatic heterocycles. The summed E-state index contributed by atoms with van der Waals surface area (Å²) in [5.74, 6) is -0.0921. The van der Waals surface area contributed by atoms with Crippen LogP contribution in [0, 0.1) is 0 Å². The number of anilines is 1. The number of rotatable bonds is 5. The number of nitrogens with one attached hydrogen (secondary N) is 2. The molecule has 8 nitrogen and oxygen atoms in total. The highest BCUT2D eigenvalue weighted by Gasteiger charge is 2.30. The van der Waals surface area contributed by atoms with Gasteiger partial charge in [-0.1, -0.05) is 23.7 Å². The topological polar surface area (TPSA) is 119 Å². The zero-order chi connectivity index (χ0) is 21.0. The van der Waals surface area contributed by atoms with Crippen LogP contribution in [0.3, 0.4) is 0 Å². The summed E-state index contributed by atoms with van der Waals surface area (Å²) in [6.07, 6.45) is 4.84. The van der Waals surface area contributed by atoms with E-state index in [1.165, 1.54) is 12.5 Å². The number of amides is 1. The van der Waals surface area contributed by atoms with Gasteiger partial charge >= 0.3 is 0 Å². The van der Waals surface area contributed by atoms with Crippen molar-refractivity contribution in [3.8, 4) is 0 Å². The highest BCUT2D eigenvalue weighted by molar-refractivity contribution is 6.35. The summed E-state index contributed by atoms with van der Waals surface area (Å²) in [6.45, 7) is 1.95. The molecule has 1 atom stereocenters. The molecule has 9 heteroatoms. The molecule has 1 saturated carbocycles. The van der Waals surface area contributed by atoms with E-state index in [2.05, 4.69) is 20.3 Å². The molecule has 4 N–H and O–H groups in total. The molecule has 152 valence electrons. The molecule has 0 spiro atoms. The number of pyridine rings is 1. The minimum atomic E-state index is -0.568. The normalized spacial score (nSPS) is 14.9. The number of nitrogens with zero attached hydrogens (tertiary/aromatic N) is 3. The van der Waals surface area contributed by atoms with E-state index in [9.17, 15) is 9.59 Å². The largest absolute Gasteiger partial charge is 0.366 e. The Bertz CT molecular complexity index is 1370. The quantitative estimate of drug-likeness (QED) is 0.454. The van der Waals surface area contributed by atoms with Crippen molar-refractivity contribution < 1.29 is 4.79 Å². The van der Waals surface area contributed by atoms with Crippen molar-refractivity contribution >= 4 is 45.1 Å². The first kappa shape index (κ1) is 18.6. The maximum absolute atomic E-state index is 13.3. The summed E-state index contributed by atoms with van der Waals surface area (Å²) in [6, 6.07) is 7.34. The van der Waals surface area contributed by atoms with Gasteiger partial charge in [-0.2, -0.15) is 0 Å². The Morgan fingerprint density at radius 1 is 1.33 bits per heavy atom. The number of H-pyrrole nitrogens is 1. The SMILES string of the molecule is C[C@H](Nc1ncnc2[nH]cc(C(N)=O)c12)c1cc2cccc(Cl)c2c(=O)n1C1CC1. The van der Waals surface area contributed by atoms with E-state index < -0.39 is 5.91 Å². The molecule has 1 aromatic carbocycles. The fraction of sp³-hybridized carbons (Fsp3) is 0.238. The lowest BCUT2D eigenvalue weighted by Crippen LogP contribution is -2.26. The molecule has 0 unspecified atom stereocenters. The molecule has 1 amide bonds. The van der Waals surface area contributed by atoms with Crippen LogP contribution < -0.4 is 16.6 Å². The van der Waals surface area contributed by atoms with E-state index in [0.717, 1.165) is 23.9 Å². The summed E-state index contributed by atoms with van der Waals surface area (Å²) >= 11 is 6.33. The predicted octanol–water partition coefficient (Wildman–Crippen LogP) is 3.53. The van der Waals surface area contributed by atoms with Crippen LogP contribution in [0.15, 0.2) is 41.6 Å². The van der Waals surface area contributed by atoms with Gasteiger partial charge in [0.2, 0.25) is 0 Å². The number of halogens is 1. The number of aromatic amines is 1. The summed E-state index contributed by atoms with van der Waals surface area (Å²) in [5, 5.41) is 5.65. The molecular weight excluding hydrogens is 404 g/mol. The zero-order valence-electron chi connectivity index (χ0n) is 16.1. The van der Waals surface area contributed by atoms with Gasteiger partial charge in [0.1, 0.15) is 17.8 Å². The Labute approximate surface area is 176 Å². The number of benzene rings is 1. The van der Waals surface area contributed by atoms with Gasteiger partial charge in [0.05, 0.1) is 27.4 Å². The molecule has 4 aromatic rings. The Morgan fingerprint density at radius 3 is 2.87 bits per heavy atom. The van der Waals surface area contributed by atoms with E-state index in [4.69, 9.17) is 17.3 Å². The number of carbonyl (C=O) groups is 1. The lowest BCUT2D eigenvalue weighted by atomic mass is 10.1. The van der Waals surface area contributed by atoms with Crippen LogP contribution in [0.4, 0.5) is 5.82 Å². The Morgan fingerprint density at radius 2 is 2.13 bits per heavy atom. The van der Waals surface area contributed by atoms with Crippen molar-refractivity contribution in [1.82, 2.24) is 19.5 Å². The van der Waals surface area contributed by atoms with Crippen molar-refractivity contribution in [3.05, 3.63) is 63.4 Å². The van der Waals surface area contributed by atoms with Gasteiger partial charge in [0, 0.05) is 17.9 Å². The Hall–Kier alpha value is -3.39. The lowest BCUT2D eigenvalue weighted by molar-refractivity contribution is 0.100. The van der Waals surface area contributed by atoms with Gasteiger partial charge in [-0.25, -0.2) is 9.97 Å². The van der Waals surface area contributed by atoms with Crippen molar-refractivity contribution in [2.45, 2.75) is 31.8 Å². The van der Waals surface area contributed by atoms with Gasteiger partial charge in [-0.3, -0.25) is 9.59 Å². The highest BCUT2D eigenvalue weighted by Crippen LogP contribution is 2.38. The number of carbonyl (C=O) groups excluding carboxylic acids is 1. The number of aromatic nitrogens is 4. The van der Waals surface area contributed by atoms with Crippen LogP contribution in [0.25, 0.3) is 21.8 Å². The molecule has 0 saturated heterocycles. The van der Waals surface area contributed by atoms with E-state index in [1.54, 1.807) is 6.07 Å². The molecule has 1 aliphatic carbocycles. The van der Waals surface area contributed by atoms with Gasteiger partial charge < -0.3 is 20.6 Å². The van der Waals surface area contributed by atoms with Crippen molar-refractivity contribution in [2.75, 3.05) is 5.32 Å². The number of fused-ring (bicyclic) bond motifs is 2. The molecule has 5 rings (SSSR count). The Kier molecular flexibility index (Phi) is 4.25. The number of nitrogens with two attached hydrogens (primary N) is 1. The summed E-state index contributed by atoms with van der Waals surface area (Å²) < 4.78 is 1.83. The second-order valence-electron chi connectivity index (χ2n) is 7.56. The number of primary amides is 1.